The highest BCUT2D eigenvalue weighted by atomic mass is 16.1. The van der Waals surface area contributed by atoms with Crippen LogP contribution in [0.2, 0.25) is 0 Å². The third kappa shape index (κ3) is 3.47. The quantitative estimate of drug-likeness (QED) is 0.883. The van der Waals surface area contributed by atoms with Crippen molar-refractivity contribution < 1.29 is 0 Å². The fourth-order valence-corrected chi connectivity index (χ4v) is 2.73. The van der Waals surface area contributed by atoms with Crippen LogP contribution in [0.1, 0.15) is 36.5 Å². The highest BCUT2D eigenvalue weighted by Gasteiger charge is 2.12. The molecule has 0 aliphatic carbocycles. The summed E-state index contributed by atoms with van der Waals surface area (Å²) in [5, 5.41) is 3.07. The van der Waals surface area contributed by atoms with Crippen molar-refractivity contribution >= 4 is 0 Å². The molecule has 0 aliphatic rings. The molecule has 1 aromatic heterocycles. The summed E-state index contributed by atoms with van der Waals surface area (Å²) >= 11 is 0. The first kappa shape index (κ1) is 16.5. The number of aryl methyl sites for hydroxylation is 2. The smallest absolute Gasteiger partial charge is 0.255 e. The fraction of sp³-hybridized carbons (Fsp3) is 0.421. The van der Waals surface area contributed by atoms with Gasteiger partial charge < -0.3 is 9.88 Å². The SMILES string of the molecule is CCCCn1c(-c2cc(C)ccc2C)ccc(CNC)c1=O. The van der Waals surface area contributed by atoms with Crippen molar-refractivity contribution in [1.82, 2.24) is 9.88 Å². The van der Waals surface area contributed by atoms with Gasteiger partial charge in [0, 0.05) is 24.2 Å². The van der Waals surface area contributed by atoms with Crippen LogP contribution in [0.4, 0.5) is 0 Å². The van der Waals surface area contributed by atoms with E-state index in [0.717, 1.165) is 36.2 Å². The van der Waals surface area contributed by atoms with Gasteiger partial charge in [0.05, 0.1) is 5.69 Å². The molecule has 0 aliphatic heterocycles. The second kappa shape index (κ2) is 7.41. The van der Waals surface area contributed by atoms with Gasteiger partial charge in [-0.3, -0.25) is 4.79 Å². The highest BCUT2D eigenvalue weighted by Crippen LogP contribution is 2.24. The van der Waals surface area contributed by atoms with E-state index in [1.807, 2.05) is 17.7 Å². The summed E-state index contributed by atoms with van der Waals surface area (Å²) in [6, 6.07) is 10.5. The van der Waals surface area contributed by atoms with Crippen LogP contribution >= 0.6 is 0 Å². The van der Waals surface area contributed by atoms with E-state index in [4.69, 9.17) is 0 Å². The Morgan fingerprint density at radius 1 is 1.14 bits per heavy atom. The Bertz CT molecular complexity index is 701. The zero-order valence-electron chi connectivity index (χ0n) is 14.1. The van der Waals surface area contributed by atoms with Crippen LogP contribution < -0.4 is 10.9 Å². The van der Waals surface area contributed by atoms with Crippen LogP contribution in [-0.2, 0) is 13.1 Å². The number of aromatic nitrogens is 1. The van der Waals surface area contributed by atoms with Gasteiger partial charge in [-0.05, 0) is 45.0 Å². The van der Waals surface area contributed by atoms with Crippen molar-refractivity contribution in [3.8, 4) is 11.3 Å². The molecular weight excluding hydrogens is 272 g/mol. The lowest BCUT2D eigenvalue weighted by molar-refractivity contribution is 0.610. The second-order valence-corrected chi connectivity index (χ2v) is 5.90. The molecule has 1 aromatic carbocycles. The average Bonchev–Trinajstić information content (AvgIpc) is 2.51. The van der Waals surface area contributed by atoms with Gasteiger partial charge in [-0.15, -0.1) is 0 Å². The molecule has 3 nitrogen and oxygen atoms in total. The Hall–Kier alpha value is -1.87. The number of rotatable bonds is 6. The van der Waals surface area contributed by atoms with Gasteiger partial charge in [-0.2, -0.15) is 0 Å². The standard InChI is InChI=1S/C19H26N2O/c1-5-6-11-21-18(10-9-16(13-20-4)19(21)22)17-12-14(2)7-8-15(17)3/h7-10,12,20H,5-6,11,13H2,1-4H3. The Balaban J connectivity index is 2.61. The Morgan fingerprint density at radius 3 is 2.59 bits per heavy atom. The summed E-state index contributed by atoms with van der Waals surface area (Å²) in [6.45, 7) is 7.73. The molecule has 0 saturated heterocycles. The molecule has 1 N–H and O–H groups in total. The van der Waals surface area contributed by atoms with Crippen LogP contribution in [0.3, 0.4) is 0 Å². The summed E-state index contributed by atoms with van der Waals surface area (Å²) in [5.74, 6) is 0. The molecule has 0 amide bonds. The molecule has 2 rings (SSSR count). The molecule has 0 fully saturated rings. The normalized spacial score (nSPS) is 10.9. The topological polar surface area (TPSA) is 34.0 Å². The van der Waals surface area contributed by atoms with Crippen molar-refractivity contribution in [2.45, 2.75) is 46.7 Å². The van der Waals surface area contributed by atoms with Gasteiger partial charge in [0.15, 0.2) is 0 Å². The molecule has 0 spiro atoms. The van der Waals surface area contributed by atoms with Crippen molar-refractivity contribution in [2.75, 3.05) is 7.05 Å². The van der Waals surface area contributed by atoms with Gasteiger partial charge in [0.2, 0.25) is 0 Å². The number of hydrogen-bond acceptors (Lipinski definition) is 2. The van der Waals surface area contributed by atoms with Crippen molar-refractivity contribution in [3.05, 3.63) is 57.4 Å². The molecule has 22 heavy (non-hydrogen) atoms. The van der Waals surface area contributed by atoms with E-state index in [1.165, 1.54) is 11.1 Å². The third-order valence-electron chi connectivity index (χ3n) is 4.02. The van der Waals surface area contributed by atoms with Gasteiger partial charge in [0.1, 0.15) is 0 Å². The van der Waals surface area contributed by atoms with Crippen molar-refractivity contribution in [2.24, 2.45) is 0 Å². The molecular formula is C19H26N2O. The maximum Gasteiger partial charge on any atom is 0.255 e. The highest BCUT2D eigenvalue weighted by molar-refractivity contribution is 5.65. The van der Waals surface area contributed by atoms with E-state index >= 15 is 0 Å². The van der Waals surface area contributed by atoms with E-state index in [9.17, 15) is 4.79 Å². The first-order valence-electron chi connectivity index (χ1n) is 8.03. The molecule has 2 aromatic rings. The summed E-state index contributed by atoms with van der Waals surface area (Å²) in [5.41, 5.74) is 5.56. The van der Waals surface area contributed by atoms with E-state index < -0.39 is 0 Å². The van der Waals surface area contributed by atoms with E-state index in [0.29, 0.717) is 6.54 Å². The lowest BCUT2D eigenvalue weighted by Gasteiger charge is -2.16. The molecule has 3 heteroatoms. The summed E-state index contributed by atoms with van der Waals surface area (Å²) in [7, 11) is 1.87. The maximum atomic E-state index is 12.8. The Kier molecular flexibility index (Phi) is 5.56. The summed E-state index contributed by atoms with van der Waals surface area (Å²) in [6.07, 6.45) is 2.09. The fourth-order valence-electron chi connectivity index (χ4n) is 2.73. The largest absolute Gasteiger partial charge is 0.315 e. The van der Waals surface area contributed by atoms with Crippen LogP contribution in [0.5, 0.6) is 0 Å². The minimum Gasteiger partial charge on any atom is -0.315 e. The number of hydrogen-bond donors (Lipinski definition) is 1. The molecule has 1 heterocycles. The zero-order chi connectivity index (χ0) is 16.1. The van der Waals surface area contributed by atoms with E-state index in [2.05, 4.69) is 50.4 Å². The third-order valence-corrected chi connectivity index (χ3v) is 4.02. The average molecular weight is 298 g/mol. The monoisotopic (exact) mass is 298 g/mol. The minimum atomic E-state index is 0.126. The molecule has 0 saturated carbocycles. The number of pyridine rings is 1. The molecule has 0 bridgehead atoms. The van der Waals surface area contributed by atoms with Crippen LogP contribution in [0, 0.1) is 13.8 Å². The lowest BCUT2D eigenvalue weighted by atomic mass is 10.0. The van der Waals surface area contributed by atoms with Crippen LogP contribution in [0.15, 0.2) is 35.1 Å². The summed E-state index contributed by atoms with van der Waals surface area (Å²) < 4.78 is 1.94. The number of nitrogens with zero attached hydrogens (tertiary/aromatic N) is 1. The molecule has 0 radical (unpaired) electrons. The van der Waals surface area contributed by atoms with Gasteiger partial charge in [-0.1, -0.05) is 37.1 Å². The first-order chi connectivity index (χ1) is 10.6. The van der Waals surface area contributed by atoms with Crippen LogP contribution in [0.25, 0.3) is 11.3 Å². The minimum absolute atomic E-state index is 0.126. The second-order valence-electron chi connectivity index (χ2n) is 5.90. The number of nitrogens with one attached hydrogen (secondary N) is 1. The Morgan fingerprint density at radius 2 is 1.91 bits per heavy atom. The lowest BCUT2D eigenvalue weighted by Crippen LogP contribution is -2.27. The molecule has 118 valence electrons. The molecule has 0 unspecified atom stereocenters. The van der Waals surface area contributed by atoms with Crippen LogP contribution in [-0.4, -0.2) is 11.6 Å². The maximum absolute atomic E-state index is 12.8. The molecule has 0 atom stereocenters. The van der Waals surface area contributed by atoms with Crippen molar-refractivity contribution in [3.63, 3.8) is 0 Å². The van der Waals surface area contributed by atoms with Gasteiger partial charge in [0.25, 0.3) is 5.56 Å². The van der Waals surface area contributed by atoms with E-state index in [1.54, 1.807) is 0 Å². The number of unbranched alkanes of at least 4 members (excludes halogenated alkanes) is 1. The van der Waals surface area contributed by atoms with Gasteiger partial charge in [-0.25, -0.2) is 0 Å². The van der Waals surface area contributed by atoms with E-state index in [-0.39, 0.29) is 5.56 Å². The predicted molar refractivity (Wildman–Crippen MR) is 93.3 cm³/mol. The van der Waals surface area contributed by atoms with Crippen molar-refractivity contribution in [1.29, 1.82) is 0 Å². The predicted octanol–water partition coefficient (Wildman–Crippen LogP) is 3.65. The summed E-state index contributed by atoms with van der Waals surface area (Å²) in [4.78, 5) is 12.8. The zero-order valence-corrected chi connectivity index (χ0v) is 14.1. The Labute approximate surface area is 133 Å². The van der Waals surface area contributed by atoms with Gasteiger partial charge >= 0.3 is 0 Å². The first-order valence-corrected chi connectivity index (χ1v) is 8.03. The number of benzene rings is 1.